The molecule has 3 aromatic rings. The van der Waals surface area contributed by atoms with Crippen LogP contribution in [0.4, 0.5) is 11.4 Å². The van der Waals surface area contributed by atoms with Crippen molar-refractivity contribution in [1.82, 2.24) is 0 Å². The summed E-state index contributed by atoms with van der Waals surface area (Å²) >= 11 is 0. The van der Waals surface area contributed by atoms with Crippen LogP contribution < -0.4 is 9.80 Å². The standard InChI is InChI=1S/C26H26N2O/c1-3-27(4-2)23-17-14-21(15-18-23)25-19-16-20-10-8-9-13-24(20)28(25)26(29)22-11-6-5-7-12-22/h5-19,25H,3-4H2,1-2H3/t25-/m0/s1. The Morgan fingerprint density at radius 3 is 2.21 bits per heavy atom. The van der Waals surface area contributed by atoms with Crippen LogP contribution in [0.25, 0.3) is 6.08 Å². The first-order valence-corrected chi connectivity index (χ1v) is 10.2. The molecule has 0 aliphatic carbocycles. The largest absolute Gasteiger partial charge is 0.372 e. The van der Waals surface area contributed by atoms with E-state index < -0.39 is 0 Å². The van der Waals surface area contributed by atoms with Crippen molar-refractivity contribution < 1.29 is 4.79 Å². The van der Waals surface area contributed by atoms with Crippen LogP contribution in [-0.2, 0) is 0 Å². The molecule has 4 rings (SSSR count). The van der Waals surface area contributed by atoms with Gasteiger partial charge in [-0.3, -0.25) is 9.69 Å². The summed E-state index contributed by atoms with van der Waals surface area (Å²) in [6.45, 7) is 6.29. The molecule has 0 aromatic heterocycles. The van der Waals surface area contributed by atoms with E-state index in [0.29, 0.717) is 5.56 Å². The highest BCUT2D eigenvalue weighted by Gasteiger charge is 2.29. The Kier molecular flexibility index (Phi) is 5.48. The first-order valence-electron chi connectivity index (χ1n) is 10.2. The van der Waals surface area contributed by atoms with E-state index in [1.165, 1.54) is 5.69 Å². The molecule has 0 unspecified atom stereocenters. The zero-order valence-electron chi connectivity index (χ0n) is 17.0. The molecule has 1 aliphatic heterocycles. The minimum atomic E-state index is -0.136. The number of rotatable bonds is 5. The van der Waals surface area contributed by atoms with E-state index in [-0.39, 0.29) is 11.9 Å². The molecule has 0 spiro atoms. The number of carbonyl (C=O) groups excluding carboxylic acids is 1. The van der Waals surface area contributed by atoms with Crippen molar-refractivity contribution in [3.05, 3.63) is 102 Å². The monoisotopic (exact) mass is 382 g/mol. The Bertz CT molecular complexity index is 1000. The van der Waals surface area contributed by atoms with Gasteiger partial charge in [0.2, 0.25) is 0 Å². The minimum Gasteiger partial charge on any atom is -0.372 e. The Labute approximate surface area is 172 Å². The summed E-state index contributed by atoms with van der Waals surface area (Å²) in [5.41, 5.74) is 5.02. The van der Waals surface area contributed by atoms with Crippen LogP contribution in [-0.4, -0.2) is 19.0 Å². The third-order valence-corrected chi connectivity index (χ3v) is 5.54. The third-order valence-electron chi connectivity index (χ3n) is 5.54. The molecular weight excluding hydrogens is 356 g/mol. The van der Waals surface area contributed by atoms with Crippen molar-refractivity contribution in [3.8, 4) is 0 Å². The van der Waals surface area contributed by atoms with Crippen LogP contribution >= 0.6 is 0 Å². The van der Waals surface area contributed by atoms with Crippen LogP contribution in [0.15, 0.2) is 84.9 Å². The summed E-state index contributed by atoms with van der Waals surface area (Å²) in [6.07, 6.45) is 4.24. The van der Waals surface area contributed by atoms with Gasteiger partial charge in [-0.25, -0.2) is 0 Å². The summed E-state index contributed by atoms with van der Waals surface area (Å²) in [6, 6.07) is 26.0. The average molecular weight is 383 g/mol. The van der Waals surface area contributed by atoms with Gasteiger partial charge in [-0.2, -0.15) is 0 Å². The number of fused-ring (bicyclic) bond motifs is 1. The van der Waals surface area contributed by atoms with Gasteiger partial charge >= 0.3 is 0 Å². The summed E-state index contributed by atoms with van der Waals surface area (Å²) in [5, 5.41) is 0. The normalized spacial score (nSPS) is 15.1. The highest BCUT2D eigenvalue weighted by Crippen LogP contribution is 2.37. The maximum atomic E-state index is 13.5. The van der Waals surface area contributed by atoms with Crippen LogP contribution in [0.1, 0.15) is 41.4 Å². The van der Waals surface area contributed by atoms with Gasteiger partial charge < -0.3 is 4.90 Å². The van der Waals surface area contributed by atoms with Crippen molar-refractivity contribution in [2.24, 2.45) is 0 Å². The van der Waals surface area contributed by atoms with E-state index in [4.69, 9.17) is 0 Å². The van der Waals surface area contributed by atoms with E-state index in [2.05, 4.69) is 61.2 Å². The fraction of sp³-hybridized carbons (Fsp3) is 0.192. The highest BCUT2D eigenvalue weighted by atomic mass is 16.2. The van der Waals surface area contributed by atoms with Crippen LogP contribution in [0.3, 0.4) is 0 Å². The van der Waals surface area contributed by atoms with Gasteiger partial charge in [-0.15, -0.1) is 0 Å². The average Bonchev–Trinajstić information content (AvgIpc) is 2.80. The quantitative estimate of drug-likeness (QED) is 0.544. The van der Waals surface area contributed by atoms with Crippen molar-refractivity contribution in [1.29, 1.82) is 0 Å². The lowest BCUT2D eigenvalue weighted by Crippen LogP contribution is -2.36. The van der Waals surface area contributed by atoms with Crippen LogP contribution in [0, 0.1) is 0 Å². The second-order valence-electron chi connectivity index (χ2n) is 7.17. The molecule has 1 aliphatic rings. The van der Waals surface area contributed by atoms with E-state index >= 15 is 0 Å². The molecule has 0 radical (unpaired) electrons. The fourth-order valence-electron chi connectivity index (χ4n) is 3.97. The minimum absolute atomic E-state index is 0.0141. The van der Waals surface area contributed by atoms with Crippen molar-refractivity contribution >= 4 is 23.4 Å². The predicted molar refractivity (Wildman–Crippen MR) is 121 cm³/mol. The molecule has 0 saturated heterocycles. The van der Waals surface area contributed by atoms with Crippen molar-refractivity contribution in [3.63, 3.8) is 0 Å². The van der Waals surface area contributed by atoms with Gasteiger partial charge in [0.05, 0.1) is 11.7 Å². The van der Waals surface area contributed by atoms with E-state index in [0.717, 1.165) is 29.9 Å². The molecule has 1 heterocycles. The number of benzene rings is 3. The fourth-order valence-corrected chi connectivity index (χ4v) is 3.97. The molecule has 0 fully saturated rings. The molecule has 1 amide bonds. The summed E-state index contributed by atoms with van der Waals surface area (Å²) in [7, 11) is 0. The van der Waals surface area contributed by atoms with E-state index in [1.807, 2.05) is 53.4 Å². The number of para-hydroxylation sites is 1. The van der Waals surface area contributed by atoms with Gasteiger partial charge in [0.15, 0.2) is 0 Å². The lowest BCUT2D eigenvalue weighted by Gasteiger charge is -2.34. The Balaban J connectivity index is 1.74. The smallest absolute Gasteiger partial charge is 0.259 e. The molecular formula is C26H26N2O. The lowest BCUT2D eigenvalue weighted by atomic mass is 9.96. The van der Waals surface area contributed by atoms with E-state index in [1.54, 1.807) is 0 Å². The SMILES string of the molecule is CCN(CC)c1ccc([C@@H]2C=Cc3ccccc3N2C(=O)c2ccccc2)cc1. The molecule has 3 nitrogen and oxygen atoms in total. The molecule has 0 saturated carbocycles. The molecule has 29 heavy (non-hydrogen) atoms. The van der Waals surface area contributed by atoms with Gasteiger partial charge in [0.1, 0.15) is 0 Å². The Hall–Kier alpha value is -3.33. The first-order chi connectivity index (χ1) is 14.2. The maximum Gasteiger partial charge on any atom is 0.259 e. The number of carbonyl (C=O) groups is 1. The second-order valence-corrected chi connectivity index (χ2v) is 7.17. The zero-order chi connectivity index (χ0) is 20.2. The number of hydrogen-bond acceptors (Lipinski definition) is 2. The number of nitrogens with zero attached hydrogens (tertiary/aromatic N) is 2. The molecule has 146 valence electrons. The Morgan fingerprint density at radius 2 is 1.52 bits per heavy atom. The summed E-state index contributed by atoms with van der Waals surface area (Å²) in [4.78, 5) is 17.7. The zero-order valence-corrected chi connectivity index (χ0v) is 17.0. The summed E-state index contributed by atoms with van der Waals surface area (Å²) in [5.74, 6) is 0.0141. The second kappa shape index (κ2) is 8.36. The third kappa shape index (κ3) is 3.68. The van der Waals surface area contributed by atoms with Gasteiger partial charge in [0.25, 0.3) is 5.91 Å². The molecule has 1 atom stereocenters. The van der Waals surface area contributed by atoms with Crippen molar-refractivity contribution in [2.75, 3.05) is 22.9 Å². The number of anilines is 2. The molecule has 3 heteroatoms. The maximum absolute atomic E-state index is 13.5. The predicted octanol–water partition coefficient (Wildman–Crippen LogP) is 5.95. The topological polar surface area (TPSA) is 23.6 Å². The van der Waals surface area contributed by atoms with E-state index in [9.17, 15) is 4.79 Å². The number of hydrogen-bond donors (Lipinski definition) is 0. The van der Waals surface area contributed by atoms with Crippen molar-refractivity contribution in [2.45, 2.75) is 19.9 Å². The molecule has 3 aromatic carbocycles. The van der Waals surface area contributed by atoms with Crippen LogP contribution in [0.2, 0.25) is 0 Å². The van der Waals surface area contributed by atoms with Gasteiger partial charge in [-0.05, 0) is 55.3 Å². The van der Waals surface area contributed by atoms with Gasteiger partial charge in [-0.1, -0.05) is 60.7 Å². The lowest BCUT2D eigenvalue weighted by molar-refractivity contribution is 0.0980. The Morgan fingerprint density at radius 1 is 0.862 bits per heavy atom. The first kappa shape index (κ1) is 19.0. The highest BCUT2D eigenvalue weighted by molar-refractivity contribution is 6.08. The molecule has 0 bridgehead atoms. The van der Waals surface area contributed by atoms with Crippen LogP contribution in [0.5, 0.6) is 0 Å². The van der Waals surface area contributed by atoms with Gasteiger partial charge in [0, 0.05) is 24.3 Å². The number of amides is 1. The summed E-state index contributed by atoms with van der Waals surface area (Å²) < 4.78 is 0. The molecule has 0 N–H and O–H groups in total.